The van der Waals surface area contributed by atoms with E-state index in [9.17, 15) is 4.79 Å². The third kappa shape index (κ3) is 4.92. The molecule has 0 fully saturated rings. The van der Waals surface area contributed by atoms with Gasteiger partial charge in [0.1, 0.15) is 13.5 Å². The van der Waals surface area contributed by atoms with Crippen molar-refractivity contribution >= 4 is 6.03 Å². The van der Waals surface area contributed by atoms with Crippen molar-refractivity contribution in [3.63, 3.8) is 0 Å². The zero-order valence-electron chi connectivity index (χ0n) is 7.49. The lowest BCUT2D eigenvalue weighted by Gasteiger charge is -2.17. The Morgan fingerprint density at radius 3 is 2.58 bits per heavy atom. The Balaban J connectivity index is 3.52. The summed E-state index contributed by atoms with van der Waals surface area (Å²) in [4.78, 5) is 11.5. The molecule has 0 radical (unpaired) electrons. The molecule has 5 heteroatoms. The minimum Gasteiger partial charge on any atom is -0.376 e. The molecule has 5 nitrogen and oxygen atoms in total. The summed E-state index contributed by atoms with van der Waals surface area (Å²) in [5.41, 5.74) is 4.91. The van der Waals surface area contributed by atoms with Crippen LogP contribution < -0.4 is 5.73 Å². The summed E-state index contributed by atoms with van der Waals surface area (Å²) in [6, 6.07) is -0.679. The van der Waals surface area contributed by atoms with Crippen molar-refractivity contribution in [3.05, 3.63) is 0 Å². The first kappa shape index (κ1) is 11.2. The van der Waals surface area contributed by atoms with Crippen LogP contribution in [0.25, 0.3) is 0 Å². The van der Waals surface area contributed by atoms with Gasteiger partial charge in [0.05, 0.1) is 6.61 Å². The van der Waals surface area contributed by atoms with Gasteiger partial charge >= 0.3 is 6.03 Å². The Morgan fingerprint density at radius 2 is 2.25 bits per heavy atom. The maximum absolute atomic E-state index is 10.5. The average Bonchev–Trinajstić information content (AvgIpc) is 1.96. The smallest absolute Gasteiger partial charge is 0.318 e. The highest BCUT2D eigenvalue weighted by atomic mass is 16.5. The number of aliphatic hydroxyl groups is 1. The van der Waals surface area contributed by atoms with Crippen LogP contribution in [0.15, 0.2) is 0 Å². The average molecular weight is 176 g/mol. The third-order valence-corrected chi connectivity index (χ3v) is 1.18. The van der Waals surface area contributed by atoms with Gasteiger partial charge in [0.15, 0.2) is 0 Å². The second kappa shape index (κ2) is 5.79. The standard InChI is InChI=1S/C7H16N2O3/c1-6(2)3-12-5-9(4-10)7(8)11/h6,10H,3-5H2,1-2H3,(H2,8,11). The predicted molar refractivity (Wildman–Crippen MR) is 44.2 cm³/mol. The number of hydrogen-bond acceptors (Lipinski definition) is 3. The summed E-state index contributed by atoms with van der Waals surface area (Å²) in [5, 5.41) is 8.61. The lowest BCUT2D eigenvalue weighted by atomic mass is 10.2. The fourth-order valence-electron chi connectivity index (χ4n) is 0.573. The van der Waals surface area contributed by atoms with E-state index in [0.29, 0.717) is 12.5 Å². The van der Waals surface area contributed by atoms with Crippen molar-refractivity contribution in [1.82, 2.24) is 4.90 Å². The van der Waals surface area contributed by atoms with Gasteiger partial charge in [-0.2, -0.15) is 0 Å². The van der Waals surface area contributed by atoms with Crippen LogP contribution >= 0.6 is 0 Å². The lowest BCUT2D eigenvalue weighted by molar-refractivity contribution is 0.00162. The number of carbonyl (C=O) groups is 1. The van der Waals surface area contributed by atoms with E-state index in [1.807, 2.05) is 13.8 Å². The minimum absolute atomic E-state index is 0.0456. The number of urea groups is 1. The van der Waals surface area contributed by atoms with Crippen LogP contribution in [0, 0.1) is 5.92 Å². The van der Waals surface area contributed by atoms with Crippen LogP contribution in [-0.4, -0.2) is 36.1 Å². The third-order valence-electron chi connectivity index (χ3n) is 1.18. The number of hydrogen-bond donors (Lipinski definition) is 2. The second-order valence-electron chi connectivity index (χ2n) is 2.91. The molecule has 0 aromatic heterocycles. The number of carbonyl (C=O) groups excluding carboxylic acids is 1. The Hall–Kier alpha value is -0.810. The van der Waals surface area contributed by atoms with Crippen LogP contribution in [0.4, 0.5) is 4.79 Å². The van der Waals surface area contributed by atoms with E-state index >= 15 is 0 Å². The van der Waals surface area contributed by atoms with Gasteiger partial charge in [0.25, 0.3) is 0 Å². The molecule has 2 amide bonds. The summed E-state index contributed by atoms with van der Waals surface area (Å²) in [6.07, 6.45) is 0. The highest BCUT2D eigenvalue weighted by Crippen LogP contribution is 1.94. The maximum Gasteiger partial charge on any atom is 0.318 e. The van der Waals surface area contributed by atoms with Crippen molar-refractivity contribution in [1.29, 1.82) is 0 Å². The van der Waals surface area contributed by atoms with Gasteiger partial charge in [-0.05, 0) is 5.92 Å². The molecule has 0 aliphatic carbocycles. The zero-order valence-corrected chi connectivity index (χ0v) is 7.49. The molecule has 0 heterocycles. The van der Waals surface area contributed by atoms with Crippen LogP contribution in [0.2, 0.25) is 0 Å². The van der Waals surface area contributed by atoms with Crippen LogP contribution in [0.3, 0.4) is 0 Å². The second-order valence-corrected chi connectivity index (χ2v) is 2.91. The maximum atomic E-state index is 10.5. The van der Waals surface area contributed by atoms with Crippen molar-refractivity contribution in [3.8, 4) is 0 Å². The predicted octanol–water partition coefficient (Wildman–Crippen LogP) is -0.0530. The van der Waals surface area contributed by atoms with E-state index in [4.69, 9.17) is 15.6 Å². The number of nitrogens with two attached hydrogens (primary N) is 1. The van der Waals surface area contributed by atoms with Crippen LogP contribution in [0.5, 0.6) is 0 Å². The molecular weight excluding hydrogens is 160 g/mol. The SMILES string of the molecule is CC(C)COCN(CO)C(N)=O. The van der Waals surface area contributed by atoms with E-state index in [0.717, 1.165) is 4.90 Å². The largest absolute Gasteiger partial charge is 0.376 e. The topological polar surface area (TPSA) is 75.8 Å². The minimum atomic E-state index is -0.679. The van der Waals surface area contributed by atoms with Gasteiger partial charge in [-0.15, -0.1) is 0 Å². The number of aliphatic hydroxyl groups excluding tert-OH is 1. The van der Waals surface area contributed by atoms with E-state index in [1.165, 1.54) is 0 Å². The van der Waals surface area contributed by atoms with Gasteiger partial charge in [-0.1, -0.05) is 13.8 Å². The van der Waals surface area contributed by atoms with Gasteiger partial charge in [0, 0.05) is 0 Å². The Kier molecular flexibility index (Phi) is 5.40. The molecule has 0 rings (SSSR count). The molecule has 12 heavy (non-hydrogen) atoms. The van der Waals surface area contributed by atoms with Crippen molar-refractivity contribution in [2.45, 2.75) is 13.8 Å². The normalized spacial score (nSPS) is 10.3. The van der Waals surface area contributed by atoms with E-state index in [-0.39, 0.29) is 6.73 Å². The first-order chi connectivity index (χ1) is 5.57. The summed E-state index contributed by atoms with van der Waals surface area (Å²) in [5.74, 6) is 0.401. The fourth-order valence-corrected chi connectivity index (χ4v) is 0.573. The van der Waals surface area contributed by atoms with E-state index < -0.39 is 12.8 Å². The molecule has 0 aromatic rings. The first-order valence-electron chi connectivity index (χ1n) is 3.81. The molecule has 0 spiro atoms. The summed E-state index contributed by atoms with van der Waals surface area (Å²) < 4.78 is 5.07. The lowest BCUT2D eigenvalue weighted by Crippen LogP contribution is -2.38. The molecule has 0 bridgehead atoms. The highest BCUT2D eigenvalue weighted by Gasteiger charge is 2.06. The molecule has 0 aliphatic heterocycles. The summed E-state index contributed by atoms with van der Waals surface area (Å²) in [6.45, 7) is 4.17. The number of ether oxygens (including phenoxy) is 1. The molecule has 3 N–H and O–H groups in total. The number of nitrogens with zero attached hydrogens (tertiary/aromatic N) is 1. The fraction of sp³-hybridized carbons (Fsp3) is 0.857. The molecule has 72 valence electrons. The monoisotopic (exact) mass is 176 g/mol. The Bertz CT molecular complexity index is 139. The molecule has 0 saturated heterocycles. The Labute approximate surface area is 72.1 Å². The molecule has 0 unspecified atom stereocenters. The van der Waals surface area contributed by atoms with Crippen molar-refractivity contribution in [2.75, 3.05) is 20.1 Å². The van der Waals surface area contributed by atoms with Gasteiger partial charge in [-0.25, -0.2) is 4.79 Å². The first-order valence-corrected chi connectivity index (χ1v) is 3.81. The molecule has 0 saturated carbocycles. The van der Waals surface area contributed by atoms with Gasteiger partial charge in [0.2, 0.25) is 0 Å². The van der Waals surface area contributed by atoms with Gasteiger partial charge in [-0.3, -0.25) is 4.90 Å². The van der Waals surface area contributed by atoms with Gasteiger partial charge < -0.3 is 15.6 Å². The summed E-state index contributed by atoms with van der Waals surface area (Å²) in [7, 11) is 0. The molecule has 0 aromatic carbocycles. The van der Waals surface area contributed by atoms with Crippen molar-refractivity contribution < 1.29 is 14.6 Å². The summed E-state index contributed by atoms with van der Waals surface area (Å²) >= 11 is 0. The van der Waals surface area contributed by atoms with E-state index in [1.54, 1.807) is 0 Å². The molecule has 0 atom stereocenters. The number of amides is 2. The van der Waals surface area contributed by atoms with Crippen LogP contribution in [-0.2, 0) is 4.74 Å². The number of primary amides is 1. The van der Waals surface area contributed by atoms with Crippen LogP contribution in [0.1, 0.15) is 13.8 Å². The number of rotatable bonds is 5. The molecular formula is C7H16N2O3. The Morgan fingerprint density at radius 1 is 1.67 bits per heavy atom. The van der Waals surface area contributed by atoms with Crippen molar-refractivity contribution in [2.24, 2.45) is 11.7 Å². The highest BCUT2D eigenvalue weighted by molar-refractivity contribution is 5.71. The quantitative estimate of drug-likeness (QED) is 0.576. The zero-order chi connectivity index (χ0) is 9.56. The van der Waals surface area contributed by atoms with E-state index in [2.05, 4.69) is 0 Å². The molecule has 0 aliphatic rings.